The molecule has 2 aliphatic rings. The molecule has 0 aromatic heterocycles. The van der Waals surface area contributed by atoms with Crippen LogP contribution in [0.5, 0.6) is 0 Å². The molecule has 1 N–H and O–H groups in total. The van der Waals surface area contributed by atoms with E-state index >= 15 is 0 Å². The van der Waals surface area contributed by atoms with E-state index in [1.807, 2.05) is 18.2 Å². The SMILES string of the molecule is CCN1CCN(C(CNC(=O)C(c2ccccc2)C2CC2)c2ccccc2)CC1. The highest BCUT2D eigenvalue weighted by atomic mass is 16.1. The van der Waals surface area contributed by atoms with Crippen molar-refractivity contribution in [1.82, 2.24) is 15.1 Å². The van der Waals surface area contributed by atoms with Crippen molar-refractivity contribution in [1.29, 1.82) is 0 Å². The molecule has 2 fully saturated rings. The summed E-state index contributed by atoms with van der Waals surface area (Å²) in [5.41, 5.74) is 2.45. The van der Waals surface area contributed by atoms with E-state index in [-0.39, 0.29) is 17.9 Å². The summed E-state index contributed by atoms with van der Waals surface area (Å²) in [6, 6.07) is 21.2. The number of likely N-dealkylation sites (N-methyl/N-ethyl adjacent to an activating group) is 1. The van der Waals surface area contributed by atoms with Gasteiger partial charge in [-0.3, -0.25) is 9.69 Å². The van der Waals surface area contributed by atoms with Gasteiger partial charge >= 0.3 is 0 Å². The predicted octanol–water partition coefficient (Wildman–Crippen LogP) is 3.68. The van der Waals surface area contributed by atoms with Gasteiger partial charge in [0, 0.05) is 32.7 Å². The first-order chi connectivity index (χ1) is 14.3. The molecule has 29 heavy (non-hydrogen) atoms. The predicted molar refractivity (Wildman–Crippen MR) is 118 cm³/mol. The fourth-order valence-electron chi connectivity index (χ4n) is 4.56. The average molecular weight is 392 g/mol. The van der Waals surface area contributed by atoms with Gasteiger partial charge < -0.3 is 10.2 Å². The fraction of sp³-hybridized carbons (Fsp3) is 0.480. The molecule has 1 aliphatic carbocycles. The van der Waals surface area contributed by atoms with Crippen LogP contribution in [-0.4, -0.2) is 55.0 Å². The lowest BCUT2D eigenvalue weighted by atomic mass is 9.93. The van der Waals surface area contributed by atoms with Gasteiger partial charge in [-0.05, 0) is 36.4 Å². The number of hydrogen-bond acceptors (Lipinski definition) is 3. The highest BCUT2D eigenvalue weighted by Crippen LogP contribution is 2.42. The Kier molecular flexibility index (Phi) is 6.63. The molecule has 1 saturated carbocycles. The Hall–Kier alpha value is -2.17. The summed E-state index contributed by atoms with van der Waals surface area (Å²) in [5, 5.41) is 3.33. The zero-order valence-electron chi connectivity index (χ0n) is 17.5. The molecule has 1 aliphatic heterocycles. The molecule has 4 rings (SSSR count). The van der Waals surface area contributed by atoms with Crippen LogP contribution < -0.4 is 5.32 Å². The first-order valence-electron chi connectivity index (χ1n) is 11.1. The number of nitrogens with zero attached hydrogens (tertiary/aromatic N) is 2. The van der Waals surface area contributed by atoms with E-state index in [1.165, 1.54) is 5.56 Å². The molecular weight excluding hydrogens is 358 g/mol. The number of hydrogen-bond donors (Lipinski definition) is 1. The highest BCUT2D eigenvalue weighted by Gasteiger charge is 2.37. The van der Waals surface area contributed by atoms with E-state index in [9.17, 15) is 4.79 Å². The molecule has 154 valence electrons. The van der Waals surface area contributed by atoms with Gasteiger partial charge in [-0.15, -0.1) is 0 Å². The van der Waals surface area contributed by atoms with E-state index in [0.717, 1.165) is 51.1 Å². The van der Waals surface area contributed by atoms with Gasteiger partial charge in [-0.25, -0.2) is 0 Å². The van der Waals surface area contributed by atoms with Crippen LogP contribution in [0.2, 0.25) is 0 Å². The van der Waals surface area contributed by atoms with Crippen LogP contribution in [0.15, 0.2) is 60.7 Å². The summed E-state index contributed by atoms with van der Waals surface area (Å²) in [5.74, 6) is 0.678. The maximum atomic E-state index is 13.2. The molecule has 2 atom stereocenters. The van der Waals surface area contributed by atoms with Crippen molar-refractivity contribution < 1.29 is 4.79 Å². The number of nitrogens with one attached hydrogen (secondary N) is 1. The Morgan fingerprint density at radius 1 is 0.931 bits per heavy atom. The Morgan fingerprint density at radius 3 is 2.07 bits per heavy atom. The third-order valence-corrected chi connectivity index (χ3v) is 6.48. The molecule has 2 aromatic rings. The van der Waals surface area contributed by atoms with Crippen LogP contribution in [0.3, 0.4) is 0 Å². The summed E-state index contributed by atoms with van der Waals surface area (Å²) >= 11 is 0. The standard InChI is InChI=1S/C25H33N3O/c1-2-27-15-17-28(18-16-27)23(20-9-5-3-6-10-20)19-26-25(29)24(22-13-14-22)21-11-7-4-8-12-21/h3-12,22-24H,2,13-19H2,1H3,(H,26,29). The van der Waals surface area contributed by atoms with Gasteiger partial charge in [-0.1, -0.05) is 67.6 Å². The summed E-state index contributed by atoms with van der Waals surface area (Å²) < 4.78 is 0. The van der Waals surface area contributed by atoms with Crippen molar-refractivity contribution in [3.05, 3.63) is 71.8 Å². The van der Waals surface area contributed by atoms with Crippen molar-refractivity contribution in [2.45, 2.75) is 31.7 Å². The lowest BCUT2D eigenvalue weighted by Crippen LogP contribution is -2.49. The number of benzene rings is 2. The normalized spacial score (nSPS) is 20.2. The Bertz CT molecular complexity index is 767. The lowest BCUT2D eigenvalue weighted by Gasteiger charge is -2.39. The minimum Gasteiger partial charge on any atom is -0.354 e. The highest BCUT2D eigenvalue weighted by molar-refractivity contribution is 5.84. The Morgan fingerprint density at radius 2 is 1.52 bits per heavy atom. The van der Waals surface area contributed by atoms with Gasteiger partial charge in [0.05, 0.1) is 12.0 Å². The summed E-state index contributed by atoms with van der Waals surface area (Å²) in [6.07, 6.45) is 2.32. The molecule has 0 bridgehead atoms. The van der Waals surface area contributed by atoms with E-state index in [1.54, 1.807) is 0 Å². The van der Waals surface area contributed by atoms with E-state index in [0.29, 0.717) is 12.5 Å². The van der Waals surface area contributed by atoms with E-state index < -0.39 is 0 Å². The zero-order chi connectivity index (χ0) is 20.1. The van der Waals surface area contributed by atoms with Gasteiger partial charge in [0.15, 0.2) is 0 Å². The van der Waals surface area contributed by atoms with Crippen molar-refractivity contribution >= 4 is 5.91 Å². The smallest absolute Gasteiger partial charge is 0.227 e. The monoisotopic (exact) mass is 391 g/mol. The van der Waals surface area contributed by atoms with E-state index in [2.05, 4.69) is 64.5 Å². The van der Waals surface area contributed by atoms with Gasteiger partial charge in [-0.2, -0.15) is 0 Å². The number of carbonyl (C=O) groups is 1. The van der Waals surface area contributed by atoms with Crippen LogP contribution >= 0.6 is 0 Å². The molecule has 1 heterocycles. The molecule has 1 amide bonds. The third kappa shape index (κ3) is 5.06. The molecule has 0 spiro atoms. The van der Waals surface area contributed by atoms with Crippen LogP contribution in [0.25, 0.3) is 0 Å². The average Bonchev–Trinajstić information content (AvgIpc) is 3.61. The summed E-state index contributed by atoms with van der Waals surface area (Å²) in [7, 11) is 0. The maximum absolute atomic E-state index is 13.2. The lowest BCUT2D eigenvalue weighted by molar-refractivity contribution is -0.123. The third-order valence-electron chi connectivity index (χ3n) is 6.48. The maximum Gasteiger partial charge on any atom is 0.227 e. The zero-order valence-corrected chi connectivity index (χ0v) is 17.5. The minimum atomic E-state index is -0.00966. The van der Waals surface area contributed by atoms with Crippen LogP contribution in [-0.2, 0) is 4.79 Å². The van der Waals surface area contributed by atoms with Gasteiger partial charge in [0.2, 0.25) is 5.91 Å². The molecule has 2 aromatic carbocycles. The first kappa shape index (κ1) is 20.1. The quantitative estimate of drug-likeness (QED) is 0.746. The second kappa shape index (κ2) is 9.55. The van der Waals surface area contributed by atoms with Gasteiger partial charge in [0.25, 0.3) is 0 Å². The fourth-order valence-corrected chi connectivity index (χ4v) is 4.56. The molecular formula is C25H33N3O. The van der Waals surface area contributed by atoms with Crippen molar-refractivity contribution in [2.75, 3.05) is 39.3 Å². The topological polar surface area (TPSA) is 35.6 Å². The largest absolute Gasteiger partial charge is 0.354 e. The molecule has 1 saturated heterocycles. The van der Waals surface area contributed by atoms with Gasteiger partial charge in [0.1, 0.15) is 0 Å². The number of rotatable bonds is 8. The molecule has 2 unspecified atom stereocenters. The van der Waals surface area contributed by atoms with E-state index in [4.69, 9.17) is 0 Å². The minimum absolute atomic E-state index is 0.00966. The summed E-state index contributed by atoms with van der Waals surface area (Å²) in [4.78, 5) is 18.2. The molecule has 0 radical (unpaired) electrons. The van der Waals surface area contributed by atoms with Crippen molar-refractivity contribution in [2.24, 2.45) is 5.92 Å². The Labute approximate surface area is 174 Å². The van der Waals surface area contributed by atoms with Crippen LogP contribution in [0, 0.1) is 5.92 Å². The summed E-state index contributed by atoms with van der Waals surface area (Å²) in [6.45, 7) is 8.31. The second-order valence-corrected chi connectivity index (χ2v) is 8.37. The van der Waals surface area contributed by atoms with Crippen LogP contribution in [0.1, 0.15) is 42.9 Å². The van der Waals surface area contributed by atoms with Crippen molar-refractivity contribution in [3.63, 3.8) is 0 Å². The first-order valence-corrected chi connectivity index (χ1v) is 11.1. The van der Waals surface area contributed by atoms with Crippen molar-refractivity contribution in [3.8, 4) is 0 Å². The second-order valence-electron chi connectivity index (χ2n) is 8.37. The molecule has 4 nitrogen and oxygen atoms in total. The number of amides is 1. The Balaban J connectivity index is 1.45. The number of piperazine rings is 1. The molecule has 4 heteroatoms. The van der Waals surface area contributed by atoms with Crippen LogP contribution in [0.4, 0.5) is 0 Å². The number of carbonyl (C=O) groups excluding carboxylic acids is 1.